The summed E-state index contributed by atoms with van der Waals surface area (Å²) >= 11 is 3.30. The van der Waals surface area contributed by atoms with E-state index in [4.69, 9.17) is 4.74 Å². The van der Waals surface area contributed by atoms with E-state index in [0.717, 1.165) is 5.52 Å². The fourth-order valence-electron chi connectivity index (χ4n) is 1.49. The van der Waals surface area contributed by atoms with Crippen LogP contribution in [-0.2, 0) is 10.1 Å². The number of esters is 1. The number of halogens is 1. The van der Waals surface area contributed by atoms with E-state index in [1.807, 2.05) is 24.3 Å². The molecule has 0 radical (unpaired) electrons. The van der Waals surface area contributed by atoms with Crippen LogP contribution in [0.2, 0.25) is 0 Å². The lowest BCUT2D eigenvalue weighted by molar-refractivity contribution is 0.0518. The van der Waals surface area contributed by atoms with Gasteiger partial charge in [0.15, 0.2) is 5.69 Å². The smallest absolute Gasteiger partial charge is 0.358 e. The van der Waals surface area contributed by atoms with Gasteiger partial charge in [0.25, 0.3) is 0 Å². The summed E-state index contributed by atoms with van der Waals surface area (Å²) in [4.78, 5) is 20.4. The van der Waals surface area contributed by atoms with Gasteiger partial charge in [-0.05, 0) is 19.1 Å². The number of para-hydroxylation sites is 2. The minimum Gasteiger partial charge on any atom is -0.461 e. The number of carbonyl (C=O) groups is 1. The Hall–Kier alpha value is -1.49. The fourth-order valence-corrected chi connectivity index (χ4v) is 1.88. The van der Waals surface area contributed by atoms with Crippen molar-refractivity contribution < 1.29 is 9.53 Å². The predicted octanol–water partition coefficient (Wildman–Crippen LogP) is 2.70. The second-order valence-corrected chi connectivity index (χ2v) is 3.92. The number of hydrogen-bond donors (Lipinski definition) is 0. The molecule has 0 aliphatic carbocycles. The van der Waals surface area contributed by atoms with Gasteiger partial charge in [-0.25, -0.2) is 14.8 Å². The van der Waals surface area contributed by atoms with E-state index in [-0.39, 0.29) is 5.69 Å². The third kappa shape index (κ3) is 2.44. The number of aromatic nitrogens is 2. The maximum atomic E-state index is 11.7. The van der Waals surface area contributed by atoms with Gasteiger partial charge in [0.05, 0.1) is 23.3 Å². The highest BCUT2D eigenvalue weighted by molar-refractivity contribution is 9.08. The first-order valence-corrected chi connectivity index (χ1v) is 6.37. The maximum Gasteiger partial charge on any atom is 0.358 e. The van der Waals surface area contributed by atoms with Gasteiger partial charge in [0.1, 0.15) is 0 Å². The van der Waals surface area contributed by atoms with E-state index in [2.05, 4.69) is 25.9 Å². The number of hydrogen-bond acceptors (Lipinski definition) is 4. The lowest BCUT2D eigenvalue weighted by Crippen LogP contribution is -2.11. The van der Waals surface area contributed by atoms with Crippen LogP contribution in [0.3, 0.4) is 0 Å². The van der Waals surface area contributed by atoms with E-state index >= 15 is 0 Å². The molecule has 2 rings (SSSR count). The fraction of sp³-hybridized carbons (Fsp3) is 0.250. The lowest BCUT2D eigenvalue weighted by atomic mass is 10.2. The molecule has 0 saturated heterocycles. The number of benzene rings is 1. The number of ether oxygens (including phenoxy) is 1. The van der Waals surface area contributed by atoms with Crippen LogP contribution in [0.4, 0.5) is 0 Å². The van der Waals surface area contributed by atoms with Gasteiger partial charge in [-0.3, -0.25) is 0 Å². The van der Waals surface area contributed by atoms with Gasteiger partial charge in [-0.2, -0.15) is 0 Å². The van der Waals surface area contributed by atoms with Crippen LogP contribution in [0.1, 0.15) is 23.1 Å². The van der Waals surface area contributed by atoms with Gasteiger partial charge in [0.2, 0.25) is 0 Å². The SMILES string of the molecule is CCOC(=O)c1nc2ccccc2nc1CBr. The summed E-state index contributed by atoms with van der Waals surface area (Å²) in [6, 6.07) is 7.44. The number of alkyl halides is 1. The van der Waals surface area contributed by atoms with Gasteiger partial charge in [-0.15, -0.1) is 0 Å². The van der Waals surface area contributed by atoms with Crippen molar-refractivity contribution in [3.05, 3.63) is 35.7 Å². The van der Waals surface area contributed by atoms with Crippen molar-refractivity contribution in [3.8, 4) is 0 Å². The summed E-state index contributed by atoms with van der Waals surface area (Å²) in [7, 11) is 0. The molecule has 0 aliphatic rings. The zero-order valence-electron chi connectivity index (χ0n) is 9.31. The molecule has 0 unspecified atom stereocenters. The average molecular weight is 295 g/mol. The summed E-state index contributed by atoms with van der Waals surface area (Å²) in [5.41, 5.74) is 2.35. The van der Waals surface area contributed by atoms with Crippen LogP contribution >= 0.6 is 15.9 Å². The third-order valence-electron chi connectivity index (χ3n) is 2.24. The molecule has 1 aromatic carbocycles. The number of carbonyl (C=O) groups excluding carboxylic acids is 1. The van der Waals surface area contributed by atoms with Crippen molar-refractivity contribution in [1.29, 1.82) is 0 Å². The second-order valence-electron chi connectivity index (χ2n) is 3.36. The summed E-state index contributed by atoms with van der Waals surface area (Å²) in [6.07, 6.45) is 0. The Morgan fingerprint density at radius 2 is 1.94 bits per heavy atom. The van der Waals surface area contributed by atoms with Crippen molar-refractivity contribution in [2.75, 3.05) is 6.61 Å². The summed E-state index contributed by atoms with van der Waals surface area (Å²) < 4.78 is 4.96. The largest absolute Gasteiger partial charge is 0.461 e. The molecule has 2 aromatic rings. The average Bonchev–Trinajstić information content (AvgIpc) is 2.37. The van der Waals surface area contributed by atoms with E-state index in [1.54, 1.807) is 6.92 Å². The number of rotatable bonds is 3. The molecule has 0 atom stereocenters. The highest BCUT2D eigenvalue weighted by Crippen LogP contribution is 2.15. The van der Waals surface area contributed by atoms with Crippen LogP contribution < -0.4 is 0 Å². The van der Waals surface area contributed by atoms with E-state index in [9.17, 15) is 4.79 Å². The number of fused-ring (bicyclic) bond motifs is 1. The van der Waals surface area contributed by atoms with Gasteiger partial charge in [0, 0.05) is 5.33 Å². The molecular formula is C12H11BrN2O2. The minimum atomic E-state index is -0.430. The molecule has 0 fully saturated rings. The Labute approximate surface area is 107 Å². The van der Waals surface area contributed by atoms with Crippen LogP contribution in [0.5, 0.6) is 0 Å². The van der Waals surface area contributed by atoms with E-state index < -0.39 is 5.97 Å². The summed E-state index contributed by atoms with van der Waals surface area (Å²) in [6.45, 7) is 2.09. The maximum absolute atomic E-state index is 11.7. The van der Waals surface area contributed by atoms with Crippen molar-refractivity contribution in [2.45, 2.75) is 12.3 Å². The molecule has 0 saturated carbocycles. The van der Waals surface area contributed by atoms with Crippen molar-refractivity contribution in [1.82, 2.24) is 9.97 Å². The van der Waals surface area contributed by atoms with Crippen molar-refractivity contribution in [2.24, 2.45) is 0 Å². The standard InChI is InChI=1S/C12H11BrN2O2/c1-2-17-12(16)11-10(7-13)14-8-5-3-4-6-9(8)15-11/h3-6H,2,7H2,1H3. The topological polar surface area (TPSA) is 52.1 Å². The Balaban J connectivity index is 2.56. The molecule has 88 valence electrons. The quantitative estimate of drug-likeness (QED) is 0.645. The zero-order chi connectivity index (χ0) is 12.3. The molecule has 0 aliphatic heterocycles. The molecule has 1 aromatic heterocycles. The number of nitrogens with zero attached hydrogens (tertiary/aromatic N) is 2. The predicted molar refractivity (Wildman–Crippen MR) is 68.1 cm³/mol. The van der Waals surface area contributed by atoms with Crippen LogP contribution in [0.15, 0.2) is 24.3 Å². The first-order chi connectivity index (χ1) is 8.26. The van der Waals surface area contributed by atoms with Gasteiger partial charge < -0.3 is 4.74 Å². The molecule has 0 amide bonds. The Morgan fingerprint density at radius 1 is 1.29 bits per heavy atom. The third-order valence-corrected chi connectivity index (χ3v) is 2.77. The first-order valence-electron chi connectivity index (χ1n) is 5.25. The molecular weight excluding hydrogens is 284 g/mol. The van der Waals surface area contributed by atoms with Gasteiger partial charge >= 0.3 is 5.97 Å². The summed E-state index contributed by atoms with van der Waals surface area (Å²) in [5, 5.41) is 0.471. The minimum absolute atomic E-state index is 0.280. The Kier molecular flexibility index (Phi) is 3.68. The van der Waals surface area contributed by atoms with Crippen molar-refractivity contribution >= 4 is 32.9 Å². The molecule has 0 bridgehead atoms. The molecule has 0 N–H and O–H groups in total. The van der Waals surface area contributed by atoms with Crippen LogP contribution in [0.25, 0.3) is 11.0 Å². The van der Waals surface area contributed by atoms with Gasteiger partial charge in [-0.1, -0.05) is 28.1 Å². The van der Waals surface area contributed by atoms with Crippen LogP contribution in [0, 0.1) is 0 Å². The van der Waals surface area contributed by atoms with Crippen molar-refractivity contribution in [3.63, 3.8) is 0 Å². The Morgan fingerprint density at radius 3 is 2.53 bits per heavy atom. The lowest BCUT2D eigenvalue weighted by Gasteiger charge is -2.06. The molecule has 17 heavy (non-hydrogen) atoms. The molecule has 1 heterocycles. The molecule has 5 heteroatoms. The Bertz CT molecular complexity index is 557. The molecule has 0 spiro atoms. The monoisotopic (exact) mass is 294 g/mol. The van der Waals surface area contributed by atoms with E-state index in [1.165, 1.54) is 0 Å². The summed E-state index contributed by atoms with van der Waals surface area (Å²) in [5.74, 6) is -0.430. The zero-order valence-corrected chi connectivity index (χ0v) is 10.9. The first kappa shape index (κ1) is 12.0. The van der Waals surface area contributed by atoms with E-state index in [0.29, 0.717) is 23.1 Å². The highest BCUT2D eigenvalue weighted by Gasteiger charge is 2.16. The highest BCUT2D eigenvalue weighted by atomic mass is 79.9. The second kappa shape index (κ2) is 5.23. The van der Waals surface area contributed by atoms with Crippen LogP contribution in [-0.4, -0.2) is 22.5 Å². The normalized spacial score (nSPS) is 10.5. The molecule has 4 nitrogen and oxygen atoms in total.